The van der Waals surface area contributed by atoms with Gasteiger partial charge in [-0.1, -0.05) is 49.0 Å². The Morgan fingerprint density at radius 3 is 2.22 bits per heavy atom. The lowest BCUT2D eigenvalue weighted by atomic mass is 9.95. The molecular weight excluding hydrogens is 476 g/mol. The first kappa shape index (κ1) is 27.3. The third-order valence-corrected chi connectivity index (χ3v) is 7.50. The van der Waals surface area contributed by atoms with E-state index in [-0.39, 0.29) is 16.8 Å². The second-order valence-electron chi connectivity index (χ2n) is 9.43. The van der Waals surface area contributed by atoms with E-state index in [1.54, 1.807) is 13.1 Å². The number of amides is 4. The number of benzene rings is 2. The third kappa shape index (κ3) is 5.90. The van der Waals surface area contributed by atoms with Crippen LogP contribution in [0.4, 0.5) is 10.5 Å². The predicted octanol–water partition coefficient (Wildman–Crippen LogP) is 4.57. The van der Waals surface area contributed by atoms with E-state index < -0.39 is 5.54 Å². The molecule has 3 aliphatic rings. The maximum Gasteiger partial charge on any atom is 0.324 e. The second kappa shape index (κ2) is 11.6. The molecular formula is C28H35ClN4O3. The lowest BCUT2D eigenvalue weighted by Crippen LogP contribution is -2.48. The number of hydrogen-bond donors (Lipinski definition) is 2. The molecule has 2 heterocycles. The van der Waals surface area contributed by atoms with Crippen LogP contribution >= 0.6 is 11.6 Å². The highest BCUT2D eigenvalue weighted by Gasteiger charge is 2.54. The van der Waals surface area contributed by atoms with Gasteiger partial charge in [-0.15, -0.1) is 11.6 Å². The van der Waals surface area contributed by atoms with Crippen molar-refractivity contribution in [3.63, 3.8) is 0 Å². The summed E-state index contributed by atoms with van der Waals surface area (Å²) in [5.74, 6) is -0.249. The summed E-state index contributed by atoms with van der Waals surface area (Å²) in [6.45, 7) is 10.4. The molecule has 0 radical (unpaired) electrons. The second-order valence-corrected chi connectivity index (χ2v) is 10.3. The quantitative estimate of drug-likeness (QED) is 0.360. The number of likely N-dealkylation sites (N-methyl/N-ethyl adjacent to an activating group) is 1. The number of alkyl halides is 1. The summed E-state index contributed by atoms with van der Waals surface area (Å²) in [6, 6.07) is 17.2. The largest absolute Gasteiger partial charge is 0.374 e. The fourth-order valence-corrected chi connectivity index (χ4v) is 5.05. The highest BCUT2D eigenvalue weighted by molar-refractivity contribution is 6.25. The minimum Gasteiger partial charge on any atom is -0.374 e. The first-order valence-corrected chi connectivity index (χ1v) is 12.6. The molecule has 1 spiro atoms. The molecule has 0 saturated carbocycles. The van der Waals surface area contributed by atoms with Gasteiger partial charge in [0.2, 0.25) is 6.41 Å². The van der Waals surface area contributed by atoms with Crippen LogP contribution in [0.1, 0.15) is 37.8 Å². The topological polar surface area (TPSA) is 81.8 Å². The van der Waals surface area contributed by atoms with E-state index in [0.29, 0.717) is 24.9 Å². The molecule has 2 saturated heterocycles. The number of carbonyl (C=O) groups is 3. The zero-order chi connectivity index (χ0) is 26.3. The van der Waals surface area contributed by atoms with E-state index in [4.69, 9.17) is 11.6 Å². The van der Waals surface area contributed by atoms with E-state index in [2.05, 4.69) is 36.0 Å². The summed E-state index contributed by atoms with van der Waals surface area (Å²) in [6.07, 6.45) is 3.85. The zero-order valence-corrected chi connectivity index (χ0v) is 22.0. The Hall–Kier alpha value is -3.32. The normalized spacial score (nSPS) is 24.3. The molecule has 192 valence electrons. The smallest absolute Gasteiger partial charge is 0.324 e. The predicted molar refractivity (Wildman–Crippen MR) is 144 cm³/mol. The molecule has 4 amide bonds. The molecule has 2 unspecified atom stereocenters. The van der Waals surface area contributed by atoms with Gasteiger partial charge in [0, 0.05) is 44.4 Å². The molecule has 2 atom stereocenters. The highest BCUT2D eigenvalue weighted by Crippen LogP contribution is 2.38. The molecule has 0 bridgehead atoms. The molecule has 2 aromatic carbocycles. The first-order chi connectivity index (χ1) is 17.1. The molecule has 7 nitrogen and oxygen atoms in total. The number of fused-ring (bicyclic) bond motifs is 1. The van der Waals surface area contributed by atoms with Crippen molar-refractivity contribution in [1.29, 1.82) is 0 Å². The monoisotopic (exact) mass is 510 g/mol. The van der Waals surface area contributed by atoms with E-state index in [9.17, 15) is 14.4 Å². The SMILES string of the molecule is C=C1N(CC)CCCC1(C)Cl.CN1C(=O)NC(=O)C12Cc1ccc(NC=O)cc1C2.c1ccccc1. The van der Waals surface area contributed by atoms with Gasteiger partial charge >= 0.3 is 6.03 Å². The van der Waals surface area contributed by atoms with Crippen LogP contribution in [0.15, 0.2) is 66.9 Å². The maximum absolute atomic E-state index is 12.1. The number of hydrogen-bond acceptors (Lipinski definition) is 4. The Bertz CT molecular complexity index is 1080. The summed E-state index contributed by atoms with van der Waals surface area (Å²) in [5, 5.41) is 4.94. The number of carbonyl (C=O) groups excluding carboxylic acids is 3. The number of piperidine rings is 1. The van der Waals surface area contributed by atoms with Crippen LogP contribution in [-0.4, -0.2) is 58.7 Å². The summed E-state index contributed by atoms with van der Waals surface area (Å²) < 4.78 is 0. The number of urea groups is 1. The maximum atomic E-state index is 12.1. The Morgan fingerprint density at radius 2 is 1.72 bits per heavy atom. The van der Waals surface area contributed by atoms with Crippen LogP contribution in [0.5, 0.6) is 0 Å². The fraction of sp³-hybridized carbons (Fsp3) is 0.393. The number of halogens is 1. The standard InChI is InChI=1S/C13H13N3O3.C9H16ClN.C6H6/c1-16-12(19)15-11(18)13(16)5-8-2-3-10(14-7-17)4-9(8)6-13;1-4-11-7-5-6-9(3,10)8(11)2;1-2-4-6-5-3-1/h2-4,7H,5-6H2,1H3,(H,14,17)(H,15,18,19);2,4-7H2,1,3H3;1-6H. The van der Waals surface area contributed by atoms with Crippen LogP contribution < -0.4 is 10.6 Å². The minimum atomic E-state index is -0.806. The van der Waals surface area contributed by atoms with E-state index in [0.717, 1.165) is 36.3 Å². The molecule has 0 aromatic heterocycles. The Balaban J connectivity index is 0.000000178. The van der Waals surface area contributed by atoms with E-state index >= 15 is 0 Å². The van der Waals surface area contributed by atoms with Crippen LogP contribution in [0.25, 0.3) is 0 Å². The summed E-state index contributed by atoms with van der Waals surface area (Å²) in [7, 11) is 1.64. The number of nitrogens with one attached hydrogen (secondary N) is 2. The average Bonchev–Trinajstić information content (AvgIpc) is 3.36. The molecule has 36 heavy (non-hydrogen) atoms. The third-order valence-electron chi connectivity index (χ3n) is 7.09. The fourth-order valence-electron chi connectivity index (χ4n) is 4.80. The molecule has 2 aromatic rings. The summed E-state index contributed by atoms with van der Waals surface area (Å²) in [4.78, 5) is 37.6. The average molecular weight is 511 g/mol. The van der Waals surface area contributed by atoms with Gasteiger partial charge in [-0.05, 0) is 49.9 Å². The van der Waals surface area contributed by atoms with Gasteiger partial charge in [0.1, 0.15) is 5.54 Å². The molecule has 8 heteroatoms. The molecule has 1 aliphatic carbocycles. The van der Waals surface area contributed by atoms with Crippen molar-refractivity contribution >= 4 is 35.6 Å². The first-order valence-electron chi connectivity index (χ1n) is 12.2. The van der Waals surface area contributed by atoms with Gasteiger partial charge < -0.3 is 15.1 Å². The Morgan fingerprint density at radius 1 is 1.11 bits per heavy atom. The van der Waals surface area contributed by atoms with Crippen molar-refractivity contribution in [3.05, 3.63) is 78.0 Å². The minimum absolute atomic E-state index is 0.186. The summed E-state index contributed by atoms with van der Waals surface area (Å²) >= 11 is 6.25. The van der Waals surface area contributed by atoms with Crippen molar-refractivity contribution in [1.82, 2.24) is 15.1 Å². The van der Waals surface area contributed by atoms with Gasteiger partial charge in [0.25, 0.3) is 5.91 Å². The molecule has 5 rings (SSSR count). The van der Waals surface area contributed by atoms with Crippen molar-refractivity contribution in [2.24, 2.45) is 0 Å². The molecule has 2 aliphatic heterocycles. The number of likely N-dealkylation sites (tertiary alicyclic amines) is 1. The van der Waals surface area contributed by atoms with Crippen molar-refractivity contribution in [2.45, 2.75) is 49.9 Å². The lowest BCUT2D eigenvalue weighted by Gasteiger charge is -2.39. The molecule has 2 fully saturated rings. The van der Waals surface area contributed by atoms with Gasteiger partial charge in [-0.2, -0.15) is 0 Å². The zero-order valence-electron chi connectivity index (χ0n) is 21.2. The van der Waals surface area contributed by atoms with Crippen molar-refractivity contribution < 1.29 is 14.4 Å². The lowest BCUT2D eigenvalue weighted by molar-refractivity contribution is -0.125. The van der Waals surface area contributed by atoms with Crippen LogP contribution in [-0.2, 0) is 22.4 Å². The number of allylic oxidation sites excluding steroid dienone is 1. The molecule has 2 N–H and O–H groups in total. The van der Waals surface area contributed by atoms with Crippen LogP contribution in [0.2, 0.25) is 0 Å². The number of nitrogens with zero attached hydrogens (tertiary/aromatic N) is 2. The van der Waals surface area contributed by atoms with Gasteiger partial charge in [0.15, 0.2) is 0 Å². The number of anilines is 1. The summed E-state index contributed by atoms with van der Waals surface area (Å²) in [5.41, 5.74) is 3.00. The van der Waals surface area contributed by atoms with Crippen molar-refractivity contribution in [3.8, 4) is 0 Å². The van der Waals surface area contributed by atoms with Crippen LogP contribution in [0, 0.1) is 0 Å². The van der Waals surface area contributed by atoms with Crippen molar-refractivity contribution in [2.75, 3.05) is 25.5 Å². The Kier molecular flexibility index (Phi) is 8.79. The van der Waals surface area contributed by atoms with E-state index in [1.165, 1.54) is 11.3 Å². The number of imide groups is 1. The highest BCUT2D eigenvalue weighted by atomic mass is 35.5. The Labute approximate surface area is 218 Å². The van der Waals surface area contributed by atoms with Gasteiger partial charge in [-0.25, -0.2) is 4.79 Å². The van der Waals surface area contributed by atoms with Gasteiger partial charge in [0.05, 0.1) is 4.87 Å². The number of rotatable bonds is 3. The van der Waals surface area contributed by atoms with Gasteiger partial charge in [-0.3, -0.25) is 14.9 Å². The van der Waals surface area contributed by atoms with Crippen LogP contribution in [0.3, 0.4) is 0 Å². The van der Waals surface area contributed by atoms with E-state index in [1.807, 2.05) is 48.5 Å².